The number of nitrogens with zero attached hydrogens (tertiary/aromatic N) is 3. The van der Waals surface area contributed by atoms with Crippen molar-refractivity contribution in [3.8, 4) is 6.07 Å². The molecule has 82 valence electrons. The number of carbonyl (C=O) groups is 1. The van der Waals surface area contributed by atoms with Crippen molar-refractivity contribution in [1.82, 2.24) is 4.98 Å². The summed E-state index contributed by atoms with van der Waals surface area (Å²) in [4.78, 5) is 17.1. The topological polar surface area (TPSA) is 77.2 Å². The van der Waals surface area contributed by atoms with Crippen molar-refractivity contribution < 1.29 is 9.90 Å². The van der Waals surface area contributed by atoms with Gasteiger partial charge < -0.3 is 10.0 Å². The maximum absolute atomic E-state index is 11.6. The number of pyridine rings is 1. The van der Waals surface area contributed by atoms with Crippen LogP contribution in [0.2, 0.25) is 0 Å². The summed E-state index contributed by atoms with van der Waals surface area (Å²) in [6, 6.07) is 5.20. The molecule has 2 heterocycles. The van der Waals surface area contributed by atoms with Crippen LogP contribution in [0.5, 0.6) is 0 Å². The molecule has 1 aromatic rings. The fraction of sp³-hybridized carbons (Fsp3) is 0.364. The molecule has 1 fully saturated rings. The lowest BCUT2D eigenvalue weighted by Gasteiger charge is -2.15. The molecule has 0 aliphatic carbocycles. The molecule has 1 N–H and O–H groups in total. The Morgan fingerprint density at radius 1 is 1.62 bits per heavy atom. The minimum atomic E-state index is -0.00874. The van der Waals surface area contributed by atoms with Crippen LogP contribution in [-0.2, 0) is 4.79 Å². The van der Waals surface area contributed by atoms with Crippen molar-refractivity contribution in [3.05, 3.63) is 24.0 Å². The number of carbonyl (C=O) groups excluding carboxylic acids is 1. The van der Waals surface area contributed by atoms with Gasteiger partial charge in [0.2, 0.25) is 5.91 Å². The van der Waals surface area contributed by atoms with Gasteiger partial charge in [0.1, 0.15) is 11.8 Å². The van der Waals surface area contributed by atoms with Gasteiger partial charge in [0.25, 0.3) is 0 Å². The van der Waals surface area contributed by atoms with Crippen molar-refractivity contribution >= 4 is 11.6 Å². The Hall–Kier alpha value is -1.93. The molecule has 1 atom stereocenters. The first-order chi connectivity index (χ1) is 7.74. The van der Waals surface area contributed by atoms with Gasteiger partial charge in [0, 0.05) is 25.5 Å². The zero-order chi connectivity index (χ0) is 11.5. The van der Waals surface area contributed by atoms with Gasteiger partial charge in [-0.2, -0.15) is 5.26 Å². The number of rotatable bonds is 2. The Labute approximate surface area is 92.9 Å². The first-order valence-electron chi connectivity index (χ1n) is 5.02. The molecule has 2 rings (SSSR count). The Morgan fingerprint density at radius 2 is 2.44 bits per heavy atom. The largest absolute Gasteiger partial charge is 0.396 e. The minimum Gasteiger partial charge on any atom is -0.396 e. The average Bonchev–Trinajstić information content (AvgIpc) is 2.71. The van der Waals surface area contributed by atoms with Gasteiger partial charge in [-0.1, -0.05) is 0 Å². The summed E-state index contributed by atoms with van der Waals surface area (Å²) in [6.45, 7) is 0.537. The number of anilines is 1. The molecule has 0 aromatic carbocycles. The van der Waals surface area contributed by atoms with Gasteiger partial charge in [0.05, 0.1) is 11.9 Å². The third-order valence-corrected chi connectivity index (χ3v) is 2.64. The molecular weight excluding hydrogens is 206 g/mol. The molecular formula is C11H11N3O2. The van der Waals surface area contributed by atoms with Gasteiger partial charge in [-0.15, -0.1) is 0 Å². The van der Waals surface area contributed by atoms with Crippen molar-refractivity contribution in [2.45, 2.75) is 6.42 Å². The van der Waals surface area contributed by atoms with Crippen LogP contribution in [-0.4, -0.2) is 29.1 Å². The van der Waals surface area contributed by atoms with E-state index in [1.807, 2.05) is 6.07 Å². The number of aromatic nitrogens is 1. The summed E-state index contributed by atoms with van der Waals surface area (Å²) in [7, 11) is 0. The van der Waals surface area contributed by atoms with E-state index in [1.54, 1.807) is 17.0 Å². The lowest BCUT2D eigenvalue weighted by Crippen LogP contribution is -2.24. The number of aliphatic hydroxyl groups excluding tert-OH is 1. The summed E-state index contributed by atoms with van der Waals surface area (Å²) in [5.41, 5.74) is 1.01. The Kier molecular flexibility index (Phi) is 2.84. The van der Waals surface area contributed by atoms with Crippen LogP contribution >= 0.6 is 0 Å². The van der Waals surface area contributed by atoms with Gasteiger partial charge >= 0.3 is 0 Å². The van der Waals surface area contributed by atoms with Gasteiger partial charge in [-0.05, 0) is 12.1 Å². The van der Waals surface area contributed by atoms with Crippen molar-refractivity contribution in [1.29, 1.82) is 5.26 Å². The predicted molar refractivity (Wildman–Crippen MR) is 56.5 cm³/mol. The molecule has 1 saturated heterocycles. The second kappa shape index (κ2) is 4.29. The van der Waals surface area contributed by atoms with E-state index in [0.29, 0.717) is 24.3 Å². The number of hydrogen-bond donors (Lipinski definition) is 1. The van der Waals surface area contributed by atoms with Crippen LogP contribution in [0.25, 0.3) is 0 Å². The highest BCUT2D eigenvalue weighted by atomic mass is 16.3. The van der Waals surface area contributed by atoms with E-state index in [-0.39, 0.29) is 18.4 Å². The molecule has 5 heteroatoms. The number of aliphatic hydroxyl groups is 1. The first kappa shape index (κ1) is 10.6. The Bertz CT molecular complexity index is 436. The highest BCUT2D eigenvalue weighted by Crippen LogP contribution is 2.23. The van der Waals surface area contributed by atoms with Crippen molar-refractivity contribution in [2.24, 2.45) is 5.92 Å². The highest BCUT2D eigenvalue weighted by Gasteiger charge is 2.30. The van der Waals surface area contributed by atoms with E-state index in [4.69, 9.17) is 10.4 Å². The third-order valence-electron chi connectivity index (χ3n) is 2.64. The third kappa shape index (κ3) is 1.88. The van der Waals surface area contributed by atoms with Gasteiger partial charge in [0.15, 0.2) is 0 Å². The Morgan fingerprint density at radius 3 is 2.94 bits per heavy atom. The van der Waals surface area contributed by atoms with Crippen molar-refractivity contribution in [3.63, 3.8) is 0 Å². The zero-order valence-corrected chi connectivity index (χ0v) is 8.63. The lowest BCUT2D eigenvalue weighted by atomic mass is 10.1. The molecule has 16 heavy (non-hydrogen) atoms. The number of amides is 1. The summed E-state index contributed by atoms with van der Waals surface area (Å²) < 4.78 is 0. The predicted octanol–water partition coefficient (Wildman–Crippen LogP) is 0.298. The Balaban J connectivity index is 2.19. The van der Waals surface area contributed by atoms with Crippen LogP contribution in [0.4, 0.5) is 5.69 Å². The van der Waals surface area contributed by atoms with E-state index < -0.39 is 0 Å². The smallest absolute Gasteiger partial charge is 0.227 e. The number of nitriles is 1. The molecule has 0 spiro atoms. The summed E-state index contributed by atoms with van der Waals surface area (Å²) >= 11 is 0. The molecule has 0 bridgehead atoms. The average molecular weight is 217 g/mol. The number of hydrogen-bond acceptors (Lipinski definition) is 4. The fourth-order valence-corrected chi connectivity index (χ4v) is 1.77. The molecule has 1 unspecified atom stereocenters. The van der Waals surface area contributed by atoms with E-state index in [1.165, 1.54) is 6.20 Å². The quantitative estimate of drug-likeness (QED) is 0.772. The minimum absolute atomic E-state index is 0.00291. The summed E-state index contributed by atoms with van der Waals surface area (Å²) in [5, 5.41) is 17.6. The first-order valence-corrected chi connectivity index (χ1v) is 5.02. The SMILES string of the molecule is N#Cc1ccc(N2CC(CO)CC2=O)cn1. The molecule has 1 amide bonds. The second-order valence-corrected chi connectivity index (χ2v) is 3.77. The van der Waals surface area contributed by atoms with Crippen LogP contribution in [0.15, 0.2) is 18.3 Å². The highest BCUT2D eigenvalue weighted by molar-refractivity contribution is 5.95. The van der Waals surface area contributed by atoms with E-state index in [9.17, 15) is 4.79 Å². The molecule has 0 radical (unpaired) electrons. The normalized spacial score (nSPS) is 19.9. The maximum atomic E-state index is 11.6. The van der Waals surface area contributed by atoms with Gasteiger partial charge in [-0.3, -0.25) is 4.79 Å². The summed E-state index contributed by atoms with van der Waals surface area (Å²) in [5.74, 6) is -0.00583. The standard InChI is InChI=1S/C11H11N3O2/c12-4-9-1-2-10(5-13-9)14-6-8(7-15)3-11(14)16/h1-2,5,8,15H,3,6-7H2. The molecule has 5 nitrogen and oxygen atoms in total. The van der Waals surface area contributed by atoms with Crippen LogP contribution in [0.3, 0.4) is 0 Å². The molecule has 1 aromatic heterocycles. The zero-order valence-electron chi connectivity index (χ0n) is 8.63. The summed E-state index contributed by atoms with van der Waals surface area (Å²) in [6.07, 6.45) is 1.88. The van der Waals surface area contributed by atoms with Crippen LogP contribution < -0.4 is 4.90 Å². The van der Waals surface area contributed by atoms with Gasteiger partial charge in [-0.25, -0.2) is 4.98 Å². The van der Waals surface area contributed by atoms with E-state index in [0.717, 1.165) is 0 Å². The lowest BCUT2D eigenvalue weighted by molar-refractivity contribution is -0.117. The molecule has 0 saturated carbocycles. The van der Waals surface area contributed by atoms with Crippen LogP contribution in [0, 0.1) is 17.2 Å². The van der Waals surface area contributed by atoms with E-state index >= 15 is 0 Å². The maximum Gasteiger partial charge on any atom is 0.227 e. The van der Waals surface area contributed by atoms with Crippen LogP contribution in [0.1, 0.15) is 12.1 Å². The molecule has 1 aliphatic rings. The monoisotopic (exact) mass is 217 g/mol. The van der Waals surface area contributed by atoms with E-state index in [2.05, 4.69) is 4.98 Å². The molecule has 1 aliphatic heterocycles. The fourth-order valence-electron chi connectivity index (χ4n) is 1.77. The second-order valence-electron chi connectivity index (χ2n) is 3.77. The van der Waals surface area contributed by atoms with Crippen molar-refractivity contribution in [2.75, 3.05) is 18.1 Å².